The van der Waals surface area contributed by atoms with E-state index in [4.69, 9.17) is 5.73 Å². The number of carbonyl (C=O) groups is 3. The molecule has 2 aromatic carbocycles. The second-order valence-corrected chi connectivity index (χ2v) is 9.39. The lowest BCUT2D eigenvalue weighted by atomic mass is 9.95. The van der Waals surface area contributed by atoms with Crippen molar-refractivity contribution in [1.82, 2.24) is 20.3 Å². The second kappa shape index (κ2) is 11.2. The Morgan fingerprint density at radius 3 is 2.69 bits per heavy atom. The lowest BCUT2D eigenvalue weighted by molar-refractivity contribution is 0.0697. The number of pyridine rings is 1. The molecule has 10 heteroatoms. The number of amides is 2. The van der Waals surface area contributed by atoms with Crippen LogP contribution in [0.4, 0.5) is 11.6 Å². The fourth-order valence-corrected chi connectivity index (χ4v) is 4.77. The van der Waals surface area contributed by atoms with E-state index in [9.17, 15) is 19.5 Å². The average molecular weight is 525 g/mol. The smallest absolute Gasteiger partial charge is 0.336 e. The third-order valence-corrected chi connectivity index (χ3v) is 6.70. The van der Waals surface area contributed by atoms with Gasteiger partial charge in [-0.25, -0.2) is 9.78 Å². The normalized spacial score (nSPS) is 13.1. The molecule has 0 radical (unpaired) electrons. The summed E-state index contributed by atoms with van der Waals surface area (Å²) in [7, 11) is 0. The Morgan fingerprint density at radius 2 is 1.90 bits per heavy atom. The predicted molar refractivity (Wildman–Crippen MR) is 149 cm³/mol. The van der Waals surface area contributed by atoms with Crippen molar-refractivity contribution >= 4 is 40.5 Å². The van der Waals surface area contributed by atoms with Crippen molar-refractivity contribution in [2.45, 2.75) is 32.1 Å². The Bertz CT molecular complexity index is 1610. The number of carbonyl (C=O) groups excluding carboxylic acids is 2. The minimum Gasteiger partial charge on any atom is -0.478 e. The molecule has 198 valence electrons. The van der Waals surface area contributed by atoms with E-state index in [2.05, 4.69) is 31.7 Å². The summed E-state index contributed by atoms with van der Waals surface area (Å²) in [5.41, 5.74) is 9.63. The van der Waals surface area contributed by atoms with Crippen LogP contribution in [0.1, 0.15) is 63.3 Å². The van der Waals surface area contributed by atoms with Crippen LogP contribution < -0.4 is 16.4 Å². The third kappa shape index (κ3) is 5.80. The van der Waals surface area contributed by atoms with E-state index in [1.54, 1.807) is 36.4 Å². The summed E-state index contributed by atoms with van der Waals surface area (Å²) in [6.45, 7) is 0.485. The van der Waals surface area contributed by atoms with Crippen LogP contribution in [0, 0.1) is 0 Å². The topological polar surface area (TPSA) is 163 Å². The summed E-state index contributed by atoms with van der Waals surface area (Å²) in [5, 5.41) is 15.6. The van der Waals surface area contributed by atoms with Gasteiger partial charge in [0.2, 0.25) is 0 Å². The van der Waals surface area contributed by atoms with Gasteiger partial charge in [0.15, 0.2) is 5.95 Å². The number of anilines is 2. The van der Waals surface area contributed by atoms with Gasteiger partial charge in [-0.2, -0.15) is 0 Å². The zero-order valence-electron chi connectivity index (χ0n) is 21.2. The maximum Gasteiger partial charge on any atom is 0.336 e. The Hall–Kier alpha value is -4.99. The van der Waals surface area contributed by atoms with Crippen molar-refractivity contribution in [3.05, 3.63) is 83.2 Å². The van der Waals surface area contributed by atoms with Crippen molar-refractivity contribution in [2.24, 2.45) is 0 Å². The van der Waals surface area contributed by atoms with E-state index in [1.165, 1.54) is 36.7 Å². The largest absolute Gasteiger partial charge is 0.478 e. The summed E-state index contributed by atoms with van der Waals surface area (Å²) in [6, 6.07) is 12.8. The number of fused-ring (bicyclic) bond motifs is 1. The standard InChI is InChI=1S/C29H28N6O4/c30-29-34-23-11-9-19(16-24(23)35-29)33-27(37)25-21(7-4-13-31-25)20-10-8-18(15-22(20)28(38)39)26(36)32-14-12-17-5-2-1-3-6-17/h4-5,7-11,13,15-16H,1-3,6,12,14H2,(H,32,36)(H,33,37)(H,38,39)(H3,30,34,35). The van der Waals surface area contributed by atoms with Gasteiger partial charge in [0, 0.05) is 29.6 Å². The Balaban J connectivity index is 1.37. The lowest BCUT2D eigenvalue weighted by Gasteiger charge is -2.14. The van der Waals surface area contributed by atoms with E-state index >= 15 is 0 Å². The minimum absolute atomic E-state index is 0.0437. The number of H-pyrrole nitrogens is 1. The molecule has 0 unspecified atom stereocenters. The number of rotatable bonds is 8. The molecule has 0 spiro atoms. The molecule has 10 nitrogen and oxygen atoms in total. The van der Waals surface area contributed by atoms with Gasteiger partial charge in [-0.1, -0.05) is 23.8 Å². The van der Waals surface area contributed by atoms with Crippen LogP contribution in [0.5, 0.6) is 0 Å². The highest BCUT2D eigenvalue weighted by atomic mass is 16.4. The Morgan fingerprint density at radius 1 is 1.03 bits per heavy atom. The first-order valence-electron chi connectivity index (χ1n) is 12.7. The number of nitrogens with zero attached hydrogens (tertiary/aromatic N) is 2. The molecule has 0 saturated heterocycles. The van der Waals surface area contributed by atoms with Crippen LogP contribution in [-0.4, -0.2) is 44.4 Å². The zero-order valence-corrected chi connectivity index (χ0v) is 21.2. The van der Waals surface area contributed by atoms with Gasteiger partial charge < -0.3 is 26.5 Å². The van der Waals surface area contributed by atoms with E-state index in [-0.39, 0.29) is 34.2 Å². The number of benzene rings is 2. The molecule has 6 N–H and O–H groups in total. The van der Waals surface area contributed by atoms with Gasteiger partial charge in [-0.15, -0.1) is 0 Å². The monoisotopic (exact) mass is 524 g/mol. The number of aromatic carboxylic acids is 1. The summed E-state index contributed by atoms with van der Waals surface area (Å²) in [6.07, 6.45) is 8.99. The summed E-state index contributed by atoms with van der Waals surface area (Å²) >= 11 is 0. The number of aromatic nitrogens is 3. The summed E-state index contributed by atoms with van der Waals surface area (Å²) in [5.74, 6) is -1.82. The van der Waals surface area contributed by atoms with Crippen LogP contribution in [0.25, 0.3) is 22.2 Å². The van der Waals surface area contributed by atoms with Crippen molar-refractivity contribution in [3.63, 3.8) is 0 Å². The van der Waals surface area contributed by atoms with Gasteiger partial charge in [-0.3, -0.25) is 14.6 Å². The molecule has 1 aliphatic rings. The number of aromatic amines is 1. The first-order valence-corrected chi connectivity index (χ1v) is 12.7. The third-order valence-electron chi connectivity index (χ3n) is 6.70. The zero-order chi connectivity index (χ0) is 27.4. The highest BCUT2D eigenvalue weighted by Crippen LogP contribution is 2.28. The fourth-order valence-electron chi connectivity index (χ4n) is 4.77. The second-order valence-electron chi connectivity index (χ2n) is 9.39. The maximum atomic E-state index is 13.2. The van der Waals surface area contributed by atoms with Crippen molar-refractivity contribution < 1.29 is 19.5 Å². The molecule has 0 saturated carbocycles. The van der Waals surface area contributed by atoms with Crippen molar-refractivity contribution in [1.29, 1.82) is 0 Å². The highest BCUT2D eigenvalue weighted by molar-refractivity contribution is 6.10. The number of hydrogen-bond donors (Lipinski definition) is 5. The fraction of sp³-hybridized carbons (Fsp3) is 0.207. The predicted octanol–water partition coefficient (Wildman–Crippen LogP) is 4.78. The number of imidazole rings is 1. The van der Waals surface area contributed by atoms with Gasteiger partial charge in [0.25, 0.3) is 11.8 Å². The van der Waals surface area contributed by atoms with E-state index in [0.29, 0.717) is 28.8 Å². The molecule has 1 aliphatic carbocycles. The van der Waals surface area contributed by atoms with Crippen LogP contribution >= 0.6 is 0 Å². The van der Waals surface area contributed by atoms with Gasteiger partial charge >= 0.3 is 5.97 Å². The molecule has 2 amide bonds. The van der Waals surface area contributed by atoms with Crippen LogP contribution in [0.3, 0.4) is 0 Å². The number of hydrogen-bond acceptors (Lipinski definition) is 6. The number of nitrogens with two attached hydrogens (primary N) is 1. The van der Waals surface area contributed by atoms with Crippen molar-refractivity contribution in [3.8, 4) is 11.1 Å². The van der Waals surface area contributed by atoms with E-state index in [0.717, 1.165) is 19.3 Å². The number of nitrogen functional groups attached to an aromatic ring is 1. The molecule has 0 fully saturated rings. The van der Waals surface area contributed by atoms with Gasteiger partial charge in [-0.05, 0) is 74.1 Å². The maximum absolute atomic E-state index is 13.2. The number of carboxylic acid groups (broad SMARTS) is 1. The Labute approximate surface area is 224 Å². The lowest BCUT2D eigenvalue weighted by Crippen LogP contribution is -2.25. The van der Waals surface area contributed by atoms with Crippen LogP contribution in [0.15, 0.2) is 66.4 Å². The first-order chi connectivity index (χ1) is 18.9. The Kier molecular flexibility index (Phi) is 7.35. The molecule has 4 aromatic rings. The molecule has 0 aliphatic heterocycles. The molecule has 2 aromatic heterocycles. The molecular weight excluding hydrogens is 496 g/mol. The molecule has 39 heavy (non-hydrogen) atoms. The van der Waals surface area contributed by atoms with Crippen LogP contribution in [-0.2, 0) is 0 Å². The summed E-state index contributed by atoms with van der Waals surface area (Å²) < 4.78 is 0. The van der Waals surface area contributed by atoms with Crippen LogP contribution in [0.2, 0.25) is 0 Å². The van der Waals surface area contributed by atoms with Crippen molar-refractivity contribution in [2.75, 3.05) is 17.6 Å². The first kappa shape index (κ1) is 25.7. The van der Waals surface area contributed by atoms with Gasteiger partial charge in [0.05, 0.1) is 16.6 Å². The molecule has 5 rings (SSSR count). The molecule has 0 bridgehead atoms. The van der Waals surface area contributed by atoms with Gasteiger partial charge in [0.1, 0.15) is 5.69 Å². The number of nitrogens with one attached hydrogen (secondary N) is 3. The molecular formula is C29H28N6O4. The number of carboxylic acids is 1. The quantitative estimate of drug-likeness (QED) is 0.207. The average Bonchev–Trinajstić information content (AvgIpc) is 3.32. The van der Waals surface area contributed by atoms with E-state index in [1.807, 2.05) is 0 Å². The minimum atomic E-state index is -1.22. The summed E-state index contributed by atoms with van der Waals surface area (Å²) in [4.78, 5) is 49.5. The SMILES string of the molecule is Nc1nc2ccc(NC(=O)c3ncccc3-c3ccc(C(=O)NCCC4=CCCCC4)cc3C(=O)O)cc2[nH]1. The van der Waals surface area contributed by atoms with E-state index < -0.39 is 11.9 Å². The molecule has 0 atom stereocenters. The highest BCUT2D eigenvalue weighted by Gasteiger charge is 2.21. The number of allylic oxidation sites excluding steroid dienone is 1. The molecule has 2 heterocycles.